The molecule has 22 heavy (non-hydrogen) atoms. The molecule has 1 heterocycles. The number of thioether (sulfide) groups is 1. The summed E-state index contributed by atoms with van der Waals surface area (Å²) >= 11 is 7.77. The lowest BCUT2D eigenvalue weighted by Crippen LogP contribution is -2.43. The summed E-state index contributed by atoms with van der Waals surface area (Å²) in [6, 6.07) is 6.17. The predicted octanol–water partition coefficient (Wildman–Crippen LogP) is 3.91. The van der Waals surface area contributed by atoms with Crippen LogP contribution in [0.3, 0.4) is 0 Å². The number of hydrogen-bond donors (Lipinski definition) is 1. The molecule has 1 saturated heterocycles. The zero-order valence-electron chi connectivity index (χ0n) is 13.6. The molecule has 0 aromatic heterocycles. The second-order valence-corrected chi connectivity index (χ2v) is 7.44. The highest BCUT2D eigenvalue weighted by atomic mass is 35.5. The van der Waals surface area contributed by atoms with Crippen LogP contribution in [0, 0.1) is 5.92 Å². The first-order valence-corrected chi connectivity index (χ1v) is 9.47. The Labute approximate surface area is 142 Å². The first-order valence-electron chi connectivity index (χ1n) is 7.87. The molecule has 1 amide bonds. The minimum absolute atomic E-state index is 0.0671. The fourth-order valence-corrected chi connectivity index (χ4v) is 3.51. The Morgan fingerprint density at radius 2 is 2.27 bits per heavy atom. The van der Waals surface area contributed by atoms with Gasteiger partial charge in [0.1, 0.15) is 0 Å². The Morgan fingerprint density at radius 1 is 1.50 bits per heavy atom. The lowest BCUT2D eigenvalue weighted by molar-refractivity contribution is 0.0922. The molecule has 0 radical (unpaired) electrons. The van der Waals surface area contributed by atoms with Crippen molar-refractivity contribution in [2.24, 2.45) is 5.92 Å². The number of likely N-dealkylation sites (tertiary alicyclic amines) is 1. The standard InChI is InChI=1S/C17H25ClN2OS/c1-12(2)20-8-4-5-13(11-20)10-19-17(21)15-9-14(22-3)6-7-16(15)18/h6-7,9,12-13H,4-5,8,10-11H2,1-3H3,(H,19,21)/t13-/m0/s1. The van der Waals surface area contributed by atoms with Crippen LogP contribution in [0.5, 0.6) is 0 Å². The Bertz CT molecular complexity index is 521. The van der Waals surface area contributed by atoms with E-state index in [4.69, 9.17) is 11.6 Å². The van der Waals surface area contributed by atoms with E-state index in [9.17, 15) is 4.79 Å². The van der Waals surface area contributed by atoms with Gasteiger partial charge in [0.25, 0.3) is 5.91 Å². The van der Waals surface area contributed by atoms with Crippen LogP contribution in [-0.2, 0) is 0 Å². The third kappa shape index (κ3) is 4.64. The highest BCUT2D eigenvalue weighted by Gasteiger charge is 2.22. The molecule has 1 fully saturated rings. The number of benzene rings is 1. The van der Waals surface area contributed by atoms with Crippen molar-refractivity contribution in [3.63, 3.8) is 0 Å². The number of carbonyl (C=O) groups excluding carboxylic acids is 1. The van der Waals surface area contributed by atoms with Crippen molar-refractivity contribution in [1.82, 2.24) is 10.2 Å². The topological polar surface area (TPSA) is 32.3 Å². The second-order valence-electron chi connectivity index (χ2n) is 6.15. The van der Waals surface area contributed by atoms with Crippen LogP contribution >= 0.6 is 23.4 Å². The highest BCUT2D eigenvalue weighted by molar-refractivity contribution is 7.98. The molecule has 1 aliphatic rings. The van der Waals surface area contributed by atoms with E-state index in [-0.39, 0.29) is 5.91 Å². The number of amides is 1. The molecule has 5 heteroatoms. The molecule has 0 aliphatic carbocycles. The molecule has 3 nitrogen and oxygen atoms in total. The van der Waals surface area contributed by atoms with Crippen molar-refractivity contribution in [1.29, 1.82) is 0 Å². The first-order chi connectivity index (χ1) is 10.5. The number of hydrogen-bond acceptors (Lipinski definition) is 3. The summed E-state index contributed by atoms with van der Waals surface area (Å²) in [5.41, 5.74) is 0.574. The minimum atomic E-state index is -0.0671. The van der Waals surface area contributed by atoms with Crippen LogP contribution in [0.1, 0.15) is 37.0 Å². The maximum absolute atomic E-state index is 12.4. The molecule has 2 rings (SSSR count). The first kappa shape index (κ1) is 17.6. The molecule has 0 saturated carbocycles. The van der Waals surface area contributed by atoms with E-state index in [2.05, 4.69) is 24.1 Å². The fourth-order valence-electron chi connectivity index (χ4n) is 2.87. The van der Waals surface area contributed by atoms with Gasteiger partial charge in [-0.2, -0.15) is 0 Å². The van der Waals surface area contributed by atoms with Crippen LogP contribution in [-0.4, -0.2) is 42.7 Å². The van der Waals surface area contributed by atoms with Gasteiger partial charge in [-0.25, -0.2) is 0 Å². The van der Waals surface area contributed by atoms with E-state index in [0.717, 1.165) is 18.0 Å². The van der Waals surface area contributed by atoms with E-state index in [1.54, 1.807) is 17.8 Å². The molecule has 1 atom stereocenters. The van der Waals surface area contributed by atoms with Crippen LogP contribution in [0.2, 0.25) is 5.02 Å². The van der Waals surface area contributed by atoms with E-state index in [0.29, 0.717) is 22.5 Å². The molecule has 1 aromatic rings. The van der Waals surface area contributed by atoms with Gasteiger partial charge in [-0.3, -0.25) is 4.79 Å². The van der Waals surface area contributed by atoms with Gasteiger partial charge in [0.05, 0.1) is 10.6 Å². The van der Waals surface area contributed by atoms with Crippen molar-refractivity contribution in [2.75, 3.05) is 25.9 Å². The maximum Gasteiger partial charge on any atom is 0.252 e. The third-order valence-electron chi connectivity index (χ3n) is 4.25. The fraction of sp³-hybridized carbons (Fsp3) is 0.588. The Kier molecular flexibility index (Phi) is 6.60. The zero-order chi connectivity index (χ0) is 16.1. The lowest BCUT2D eigenvalue weighted by atomic mass is 9.97. The highest BCUT2D eigenvalue weighted by Crippen LogP contribution is 2.23. The van der Waals surface area contributed by atoms with E-state index in [1.165, 1.54) is 19.4 Å². The number of piperidine rings is 1. The zero-order valence-corrected chi connectivity index (χ0v) is 15.1. The number of nitrogens with zero attached hydrogens (tertiary/aromatic N) is 1. The van der Waals surface area contributed by atoms with E-state index < -0.39 is 0 Å². The summed E-state index contributed by atoms with van der Waals surface area (Å²) in [6.07, 6.45) is 4.39. The molecule has 122 valence electrons. The summed E-state index contributed by atoms with van der Waals surface area (Å²) in [5.74, 6) is 0.463. The van der Waals surface area contributed by atoms with Gasteiger partial charge in [0, 0.05) is 24.0 Å². The molecule has 1 aromatic carbocycles. The molecular formula is C17H25ClN2OS. The normalized spacial score (nSPS) is 19.4. The summed E-state index contributed by atoms with van der Waals surface area (Å²) in [7, 11) is 0. The molecule has 0 spiro atoms. The monoisotopic (exact) mass is 340 g/mol. The number of halogens is 1. The minimum Gasteiger partial charge on any atom is -0.352 e. The van der Waals surface area contributed by atoms with Gasteiger partial charge < -0.3 is 10.2 Å². The van der Waals surface area contributed by atoms with Gasteiger partial charge in [-0.05, 0) is 63.6 Å². The average Bonchev–Trinajstić information content (AvgIpc) is 2.53. The van der Waals surface area contributed by atoms with Crippen LogP contribution in [0.4, 0.5) is 0 Å². The quantitative estimate of drug-likeness (QED) is 0.825. The number of rotatable bonds is 5. The summed E-state index contributed by atoms with van der Waals surface area (Å²) in [6.45, 7) is 7.42. The number of nitrogens with one attached hydrogen (secondary N) is 1. The predicted molar refractivity (Wildman–Crippen MR) is 95.0 cm³/mol. The van der Waals surface area contributed by atoms with Crippen molar-refractivity contribution in [2.45, 2.75) is 37.6 Å². The Morgan fingerprint density at radius 3 is 2.95 bits per heavy atom. The Hall–Kier alpha value is -0.710. The average molecular weight is 341 g/mol. The number of carbonyl (C=O) groups is 1. The van der Waals surface area contributed by atoms with Gasteiger partial charge in [-0.15, -0.1) is 11.8 Å². The smallest absolute Gasteiger partial charge is 0.252 e. The van der Waals surface area contributed by atoms with Gasteiger partial charge in [0.15, 0.2) is 0 Å². The molecule has 0 bridgehead atoms. The van der Waals surface area contributed by atoms with E-state index >= 15 is 0 Å². The summed E-state index contributed by atoms with van der Waals surface area (Å²) < 4.78 is 0. The molecule has 1 N–H and O–H groups in total. The summed E-state index contributed by atoms with van der Waals surface area (Å²) in [5, 5.41) is 3.58. The molecule has 0 unspecified atom stereocenters. The maximum atomic E-state index is 12.4. The van der Waals surface area contributed by atoms with Crippen molar-refractivity contribution in [3.05, 3.63) is 28.8 Å². The summed E-state index contributed by atoms with van der Waals surface area (Å²) in [4.78, 5) is 15.9. The molecular weight excluding hydrogens is 316 g/mol. The van der Waals surface area contributed by atoms with Crippen molar-refractivity contribution >= 4 is 29.3 Å². The van der Waals surface area contributed by atoms with Crippen LogP contribution in [0.15, 0.2) is 23.1 Å². The van der Waals surface area contributed by atoms with Gasteiger partial charge >= 0.3 is 0 Å². The van der Waals surface area contributed by atoms with Crippen LogP contribution in [0.25, 0.3) is 0 Å². The van der Waals surface area contributed by atoms with Crippen LogP contribution < -0.4 is 5.32 Å². The molecule has 1 aliphatic heterocycles. The van der Waals surface area contributed by atoms with Gasteiger partial charge in [0.2, 0.25) is 0 Å². The van der Waals surface area contributed by atoms with Crippen molar-refractivity contribution in [3.8, 4) is 0 Å². The third-order valence-corrected chi connectivity index (χ3v) is 5.31. The SMILES string of the molecule is CSc1ccc(Cl)c(C(=O)NC[C@@H]2CCCN(C(C)C)C2)c1. The van der Waals surface area contributed by atoms with Gasteiger partial charge in [-0.1, -0.05) is 11.6 Å². The van der Waals surface area contributed by atoms with Crippen molar-refractivity contribution < 1.29 is 4.79 Å². The largest absolute Gasteiger partial charge is 0.352 e. The Balaban J connectivity index is 1.92. The lowest BCUT2D eigenvalue weighted by Gasteiger charge is -2.35. The second kappa shape index (κ2) is 8.23. The van der Waals surface area contributed by atoms with E-state index in [1.807, 2.05) is 18.4 Å².